The van der Waals surface area contributed by atoms with Gasteiger partial charge in [0, 0.05) is 24.0 Å². The number of anilines is 1. The van der Waals surface area contributed by atoms with Crippen LogP contribution in [0, 0.1) is 0 Å². The molecule has 2 N–H and O–H groups in total. The Morgan fingerprint density at radius 2 is 2.12 bits per heavy atom. The van der Waals surface area contributed by atoms with E-state index in [9.17, 15) is 4.79 Å². The van der Waals surface area contributed by atoms with Gasteiger partial charge in [-0.2, -0.15) is 5.10 Å². The lowest BCUT2D eigenvalue weighted by atomic mass is 10.2. The van der Waals surface area contributed by atoms with E-state index in [2.05, 4.69) is 20.4 Å². The Morgan fingerprint density at radius 1 is 1.27 bits per heavy atom. The van der Waals surface area contributed by atoms with Gasteiger partial charge in [0.25, 0.3) is 5.91 Å². The maximum Gasteiger partial charge on any atom is 0.258 e. The smallest absolute Gasteiger partial charge is 0.258 e. The van der Waals surface area contributed by atoms with E-state index in [1.54, 1.807) is 17.1 Å². The van der Waals surface area contributed by atoms with Crippen LogP contribution < -0.4 is 5.32 Å². The number of amides is 1. The fraction of sp³-hybridized carbons (Fsp3) is 0.105. The fourth-order valence-electron chi connectivity index (χ4n) is 2.73. The third-order valence-corrected chi connectivity index (χ3v) is 4.42. The molecule has 2 aromatic heterocycles. The topological polar surface area (TPSA) is 75.6 Å². The number of nitrogens with one attached hydrogen (secondary N) is 2. The van der Waals surface area contributed by atoms with Gasteiger partial charge < -0.3 is 10.3 Å². The molecule has 4 aromatic rings. The first-order valence-electron chi connectivity index (χ1n) is 8.22. The molecule has 7 heteroatoms. The normalized spacial score (nSPS) is 11.0. The van der Waals surface area contributed by atoms with E-state index in [-0.39, 0.29) is 5.91 Å². The average molecular weight is 366 g/mol. The molecule has 0 aliphatic heterocycles. The predicted molar refractivity (Wildman–Crippen MR) is 102 cm³/mol. The number of carbonyl (C=O) groups excluding carboxylic acids is 1. The second-order valence-electron chi connectivity index (χ2n) is 5.84. The number of aromatic amines is 1. The number of carbonyl (C=O) groups is 1. The molecule has 0 bridgehead atoms. The Hall–Kier alpha value is -3.12. The summed E-state index contributed by atoms with van der Waals surface area (Å²) < 4.78 is 1.71. The minimum absolute atomic E-state index is 0.199. The number of hydrogen-bond donors (Lipinski definition) is 2. The molecule has 0 unspecified atom stereocenters. The summed E-state index contributed by atoms with van der Waals surface area (Å²) >= 11 is 6.24. The minimum atomic E-state index is -0.199. The molecule has 0 fully saturated rings. The number of H-pyrrole nitrogens is 1. The molecule has 2 aromatic carbocycles. The summed E-state index contributed by atoms with van der Waals surface area (Å²) in [6, 6.07) is 13.1. The number of halogens is 1. The van der Waals surface area contributed by atoms with E-state index in [0.29, 0.717) is 22.1 Å². The van der Waals surface area contributed by atoms with Crippen molar-refractivity contribution in [2.75, 3.05) is 5.32 Å². The molecule has 0 aliphatic carbocycles. The molecule has 0 saturated heterocycles. The first-order chi connectivity index (χ1) is 12.6. The number of hydrogen-bond acceptors (Lipinski definition) is 3. The zero-order valence-electron chi connectivity index (χ0n) is 14.0. The Bertz CT molecular complexity index is 1100. The first kappa shape index (κ1) is 16.4. The van der Waals surface area contributed by atoms with E-state index in [0.717, 1.165) is 23.1 Å². The first-order valence-corrected chi connectivity index (χ1v) is 8.60. The van der Waals surface area contributed by atoms with Crippen LogP contribution in [0.2, 0.25) is 5.02 Å². The predicted octanol–water partition coefficient (Wildman–Crippen LogP) is 4.35. The summed E-state index contributed by atoms with van der Waals surface area (Å²) in [6.07, 6.45) is 3.28. The number of aryl methyl sites for hydroxylation is 1. The van der Waals surface area contributed by atoms with Crippen molar-refractivity contribution in [3.63, 3.8) is 0 Å². The van der Waals surface area contributed by atoms with E-state index >= 15 is 0 Å². The van der Waals surface area contributed by atoms with E-state index < -0.39 is 0 Å². The van der Waals surface area contributed by atoms with Crippen LogP contribution in [0.15, 0.2) is 54.9 Å². The zero-order valence-corrected chi connectivity index (χ0v) is 14.8. The van der Waals surface area contributed by atoms with Crippen LogP contribution in [0.3, 0.4) is 0 Å². The lowest BCUT2D eigenvalue weighted by Crippen LogP contribution is -2.11. The van der Waals surface area contributed by atoms with Crippen LogP contribution in [0.4, 0.5) is 5.69 Å². The molecule has 2 heterocycles. The van der Waals surface area contributed by atoms with Gasteiger partial charge in [0.05, 0.1) is 27.8 Å². The number of nitrogens with zero attached hydrogens (tertiary/aromatic N) is 3. The lowest BCUT2D eigenvalue weighted by molar-refractivity contribution is 0.102. The molecule has 6 nitrogen and oxygen atoms in total. The summed E-state index contributed by atoms with van der Waals surface area (Å²) in [4.78, 5) is 20.2. The van der Waals surface area contributed by atoms with Crippen molar-refractivity contribution in [2.45, 2.75) is 13.5 Å². The van der Waals surface area contributed by atoms with Gasteiger partial charge in [-0.15, -0.1) is 0 Å². The number of fused-ring (bicyclic) bond motifs is 1. The largest absolute Gasteiger partial charge is 0.338 e. The molecular formula is C19H16ClN5O. The molecule has 0 radical (unpaired) electrons. The van der Waals surface area contributed by atoms with Gasteiger partial charge in [-0.25, -0.2) is 4.98 Å². The van der Waals surface area contributed by atoms with Crippen molar-refractivity contribution in [2.24, 2.45) is 0 Å². The monoisotopic (exact) mass is 365 g/mol. The molecular weight excluding hydrogens is 350 g/mol. The maximum absolute atomic E-state index is 12.3. The van der Waals surface area contributed by atoms with Crippen LogP contribution >= 0.6 is 11.6 Å². The quantitative estimate of drug-likeness (QED) is 0.564. The molecule has 26 heavy (non-hydrogen) atoms. The summed E-state index contributed by atoms with van der Waals surface area (Å²) in [5, 5.41) is 7.63. The van der Waals surface area contributed by atoms with E-state index in [4.69, 9.17) is 11.6 Å². The highest BCUT2D eigenvalue weighted by atomic mass is 35.5. The lowest BCUT2D eigenvalue weighted by Gasteiger charge is -2.03. The second kappa shape index (κ2) is 6.65. The standard InChI is InChI=1S/C19H16ClN5O/c1-2-25-11-12(10-21-25)19(26)22-13-7-8-16-17(9-13)24-18(23-16)14-5-3-4-6-15(14)20/h3-11H,2H2,1H3,(H,22,26)(H,23,24). The molecule has 0 spiro atoms. The molecule has 4 rings (SSSR count). The van der Waals surface area contributed by atoms with Gasteiger partial charge in [-0.3, -0.25) is 9.48 Å². The SMILES string of the molecule is CCn1cc(C(=O)Nc2ccc3nc(-c4ccccc4Cl)[nH]c3c2)cn1. The van der Waals surface area contributed by atoms with Crippen molar-refractivity contribution in [3.8, 4) is 11.4 Å². The van der Waals surface area contributed by atoms with Crippen molar-refractivity contribution < 1.29 is 4.79 Å². The molecule has 0 saturated carbocycles. The minimum Gasteiger partial charge on any atom is -0.338 e. The van der Waals surface area contributed by atoms with Crippen LogP contribution in [-0.2, 0) is 6.54 Å². The van der Waals surface area contributed by atoms with Crippen LogP contribution in [0.1, 0.15) is 17.3 Å². The molecule has 0 atom stereocenters. The van der Waals surface area contributed by atoms with E-state index in [1.807, 2.05) is 49.4 Å². The Labute approximate surface area is 154 Å². The maximum atomic E-state index is 12.3. The molecule has 1 amide bonds. The Balaban J connectivity index is 1.61. The third-order valence-electron chi connectivity index (χ3n) is 4.09. The Kier molecular flexibility index (Phi) is 4.18. The van der Waals surface area contributed by atoms with Crippen LogP contribution in [0.5, 0.6) is 0 Å². The second-order valence-corrected chi connectivity index (χ2v) is 6.24. The number of aromatic nitrogens is 4. The zero-order chi connectivity index (χ0) is 18.1. The van der Waals surface area contributed by atoms with Crippen LogP contribution in [0.25, 0.3) is 22.4 Å². The van der Waals surface area contributed by atoms with Crippen molar-refractivity contribution in [3.05, 3.63) is 65.4 Å². The van der Waals surface area contributed by atoms with Gasteiger partial charge in [0.2, 0.25) is 0 Å². The number of rotatable bonds is 4. The Morgan fingerprint density at radius 3 is 2.88 bits per heavy atom. The van der Waals surface area contributed by atoms with Crippen molar-refractivity contribution in [1.29, 1.82) is 0 Å². The highest BCUT2D eigenvalue weighted by Gasteiger charge is 2.11. The van der Waals surface area contributed by atoms with Crippen LogP contribution in [-0.4, -0.2) is 25.7 Å². The number of imidazole rings is 1. The van der Waals surface area contributed by atoms with E-state index in [1.165, 1.54) is 0 Å². The molecule has 130 valence electrons. The van der Waals surface area contributed by atoms with Gasteiger partial charge >= 0.3 is 0 Å². The summed E-state index contributed by atoms with van der Waals surface area (Å²) in [7, 11) is 0. The average Bonchev–Trinajstić information content (AvgIpc) is 3.28. The van der Waals surface area contributed by atoms with Gasteiger partial charge in [0.1, 0.15) is 5.82 Å². The summed E-state index contributed by atoms with van der Waals surface area (Å²) in [5.41, 5.74) is 3.66. The highest BCUT2D eigenvalue weighted by molar-refractivity contribution is 6.33. The number of benzene rings is 2. The van der Waals surface area contributed by atoms with Gasteiger partial charge in [0.15, 0.2) is 0 Å². The van der Waals surface area contributed by atoms with Gasteiger partial charge in [-0.05, 0) is 37.3 Å². The molecule has 0 aliphatic rings. The van der Waals surface area contributed by atoms with Gasteiger partial charge in [-0.1, -0.05) is 23.7 Å². The highest BCUT2D eigenvalue weighted by Crippen LogP contribution is 2.28. The van der Waals surface area contributed by atoms with Crippen molar-refractivity contribution in [1.82, 2.24) is 19.7 Å². The summed E-state index contributed by atoms with van der Waals surface area (Å²) in [5.74, 6) is 0.494. The third kappa shape index (κ3) is 3.07. The summed E-state index contributed by atoms with van der Waals surface area (Å²) in [6.45, 7) is 2.69. The van der Waals surface area contributed by atoms with Crippen molar-refractivity contribution >= 4 is 34.2 Å². The fourth-order valence-corrected chi connectivity index (χ4v) is 2.95.